The van der Waals surface area contributed by atoms with E-state index >= 15 is 0 Å². The van der Waals surface area contributed by atoms with Crippen LogP contribution in [-0.4, -0.2) is 4.57 Å². The van der Waals surface area contributed by atoms with E-state index in [9.17, 15) is 0 Å². The highest BCUT2D eigenvalue weighted by atomic mass is 35.5. The minimum Gasteiger partial charge on any atom is -0.308 e. The van der Waals surface area contributed by atoms with Crippen molar-refractivity contribution in [2.75, 3.05) is 0 Å². The average molecular weight is 514 g/mol. The Labute approximate surface area is 230 Å². The van der Waals surface area contributed by atoms with Crippen molar-refractivity contribution in [3.8, 4) is 39.1 Å². The van der Waals surface area contributed by atoms with E-state index in [1.807, 2.05) is 0 Å². The van der Waals surface area contributed by atoms with Gasteiger partial charge in [0.15, 0.2) is 0 Å². The molecule has 2 aliphatic carbocycles. The highest BCUT2D eigenvalue weighted by molar-refractivity contribution is 6.35. The summed E-state index contributed by atoms with van der Waals surface area (Å²) in [6.45, 7) is 0. The van der Waals surface area contributed by atoms with E-state index in [2.05, 4.69) is 126 Å². The number of para-hydroxylation sites is 2. The summed E-state index contributed by atoms with van der Waals surface area (Å²) in [4.78, 5) is 0. The summed E-state index contributed by atoms with van der Waals surface area (Å²) >= 11 is 7.19. The lowest BCUT2D eigenvalue weighted by Crippen LogP contribution is -2.26. The van der Waals surface area contributed by atoms with Crippen LogP contribution in [-0.2, 0) is 5.41 Å². The molecule has 0 radical (unpaired) electrons. The van der Waals surface area contributed by atoms with Gasteiger partial charge in [-0.1, -0.05) is 115 Å². The van der Waals surface area contributed by atoms with Crippen LogP contribution in [0.2, 0.25) is 5.02 Å². The molecule has 0 bridgehead atoms. The quantitative estimate of drug-likeness (QED) is 0.190. The fraction of sp³-hybridized carbons (Fsp3) is 0.0270. The van der Waals surface area contributed by atoms with Crippen LogP contribution in [0, 0.1) is 0 Å². The Morgan fingerprint density at radius 2 is 1.08 bits per heavy atom. The molecule has 7 aromatic rings. The molecular weight excluding hydrogens is 494 g/mol. The maximum Gasteiger partial charge on any atom is 0.0726 e. The molecule has 0 amide bonds. The third kappa shape index (κ3) is 2.10. The first kappa shape index (κ1) is 20.4. The third-order valence-corrected chi connectivity index (χ3v) is 9.73. The van der Waals surface area contributed by atoms with Crippen LogP contribution >= 0.6 is 11.6 Å². The standard InChI is InChI=1S/C37H20ClN/c38-30-20-19-28-34-33(30)25-12-4-8-16-32(25)39-31-15-7-3-11-23(31)24-17-18-29(35(34)36(24)39)37(28)26-13-5-1-9-21(26)22-10-2-6-14-27(22)37/h1-20H. The van der Waals surface area contributed by atoms with Gasteiger partial charge in [-0.2, -0.15) is 0 Å². The first-order chi connectivity index (χ1) is 19.3. The first-order valence-electron chi connectivity index (χ1n) is 13.5. The van der Waals surface area contributed by atoms with Crippen molar-refractivity contribution in [1.82, 2.24) is 4.57 Å². The van der Waals surface area contributed by atoms with Crippen LogP contribution in [0.3, 0.4) is 0 Å². The number of benzene rings is 6. The van der Waals surface area contributed by atoms with Gasteiger partial charge in [-0.15, -0.1) is 0 Å². The molecular formula is C37H20ClN. The van der Waals surface area contributed by atoms with Crippen LogP contribution < -0.4 is 0 Å². The summed E-state index contributed by atoms with van der Waals surface area (Å²) in [7, 11) is 0. The minimum atomic E-state index is -0.390. The van der Waals surface area contributed by atoms with Gasteiger partial charge in [0.25, 0.3) is 0 Å². The molecule has 10 rings (SSSR count). The smallest absolute Gasteiger partial charge is 0.0726 e. The normalized spacial score (nSPS) is 14.5. The molecule has 1 aliphatic heterocycles. The lowest BCUT2D eigenvalue weighted by molar-refractivity contribution is 0.794. The Morgan fingerprint density at radius 3 is 1.87 bits per heavy atom. The van der Waals surface area contributed by atoms with Crippen LogP contribution in [0.4, 0.5) is 0 Å². The number of fused-ring (bicyclic) bond motifs is 13. The number of nitrogens with zero attached hydrogens (tertiary/aromatic N) is 1. The van der Waals surface area contributed by atoms with Crippen molar-refractivity contribution in [2.24, 2.45) is 0 Å². The summed E-state index contributed by atoms with van der Waals surface area (Å²) in [5.74, 6) is 0. The predicted octanol–water partition coefficient (Wildman–Crippen LogP) is 9.76. The zero-order valence-corrected chi connectivity index (χ0v) is 21.6. The van der Waals surface area contributed by atoms with Crippen molar-refractivity contribution in [1.29, 1.82) is 0 Å². The molecule has 0 atom stereocenters. The van der Waals surface area contributed by atoms with E-state index in [0.29, 0.717) is 0 Å². The number of hydrogen-bond acceptors (Lipinski definition) is 0. The Bertz CT molecular complexity index is 2200. The maximum atomic E-state index is 7.19. The highest BCUT2D eigenvalue weighted by Crippen LogP contribution is 2.66. The molecule has 1 spiro atoms. The van der Waals surface area contributed by atoms with E-state index in [1.165, 1.54) is 77.6 Å². The van der Waals surface area contributed by atoms with Gasteiger partial charge in [-0.05, 0) is 57.1 Å². The molecule has 0 fully saturated rings. The van der Waals surface area contributed by atoms with Crippen molar-refractivity contribution in [3.63, 3.8) is 0 Å². The van der Waals surface area contributed by atoms with Crippen molar-refractivity contribution in [2.45, 2.75) is 5.41 Å². The summed E-state index contributed by atoms with van der Waals surface area (Å²) < 4.78 is 2.49. The molecule has 6 aromatic carbocycles. The molecule has 0 saturated heterocycles. The molecule has 0 N–H and O–H groups in total. The lowest BCUT2D eigenvalue weighted by Gasteiger charge is -2.31. The van der Waals surface area contributed by atoms with Crippen molar-refractivity contribution < 1.29 is 0 Å². The Hall–Kier alpha value is -4.59. The zero-order chi connectivity index (χ0) is 25.5. The topological polar surface area (TPSA) is 4.93 Å². The van der Waals surface area contributed by atoms with Crippen molar-refractivity contribution in [3.05, 3.63) is 149 Å². The van der Waals surface area contributed by atoms with Crippen LogP contribution in [0.1, 0.15) is 22.3 Å². The molecule has 1 aromatic heterocycles. The fourth-order valence-electron chi connectivity index (χ4n) is 8.13. The average Bonchev–Trinajstić information content (AvgIpc) is 3.55. The molecule has 2 heteroatoms. The summed E-state index contributed by atoms with van der Waals surface area (Å²) in [5.41, 5.74) is 16.3. The number of rotatable bonds is 0. The maximum absolute atomic E-state index is 7.19. The fourth-order valence-corrected chi connectivity index (χ4v) is 8.39. The number of halogens is 1. The van der Waals surface area contributed by atoms with Gasteiger partial charge < -0.3 is 4.57 Å². The molecule has 3 aliphatic rings. The SMILES string of the molecule is Clc1ccc2c3c1-c1ccccc1-n1c4ccccc4c4ccc(c-3c41)C21c2ccccc2-c2ccccc21. The molecule has 0 unspecified atom stereocenters. The zero-order valence-electron chi connectivity index (χ0n) is 20.9. The van der Waals surface area contributed by atoms with E-state index in [-0.39, 0.29) is 5.41 Å². The van der Waals surface area contributed by atoms with E-state index in [0.717, 1.165) is 10.6 Å². The monoisotopic (exact) mass is 513 g/mol. The van der Waals surface area contributed by atoms with Crippen LogP contribution in [0.25, 0.3) is 60.9 Å². The van der Waals surface area contributed by atoms with Gasteiger partial charge in [-0.25, -0.2) is 0 Å². The second kappa shape index (κ2) is 6.69. The second-order valence-corrected chi connectivity index (χ2v) is 11.3. The predicted molar refractivity (Wildman–Crippen MR) is 161 cm³/mol. The highest BCUT2D eigenvalue weighted by Gasteiger charge is 2.53. The third-order valence-electron chi connectivity index (χ3n) is 9.42. The van der Waals surface area contributed by atoms with E-state index in [1.54, 1.807) is 0 Å². The Morgan fingerprint density at radius 1 is 0.462 bits per heavy atom. The van der Waals surface area contributed by atoms with Gasteiger partial charge >= 0.3 is 0 Å². The summed E-state index contributed by atoms with van der Waals surface area (Å²) in [6, 6.07) is 44.7. The molecule has 2 heterocycles. The van der Waals surface area contributed by atoms with Gasteiger partial charge in [0.1, 0.15) is 0 Å². The van der Waals surface area contributed by atoms with Gasteiger partial charge in [-0.3, -0.25) is 0 Å². The summed E-state index contributed by atoms with van der Waals surface area (Å²) in [5, 5.41) is 3.37. The minimum absolute atomic E-state index is 0.390. The van der Waals surface area contributed by atoms with Gasteiger partial charge in [0.05, 0.1) is 22.1 Å². The molecule has 180 valence electrons. The molecule has 39 heavy (non-hydrogen) atoms. The Kier molecular flexibility index (Phi) is 3.50. The summed E-state index contributed by atoms with van der Waals surface area (Å²) in [6.07, 6.45) is 0. The molecule has 0 saturated carbocycles. The van der Waals surface area contributed by atoms with Gasteiger partial charge in [0, 0.05) is 32.5 Å². The van der Waals surface area contributed by atoms with Gasteiger partial charge in [0.2, 0.25) is 0 Å². The first-order valence-corrected chi connectivity index (χ1v) is 13.9. The number of hydrogen-bond donors (Lipinski definition) is 0. The van der Waals surface area contributed by atoms with Crippen molar-refractivity contribution >= 4 is 33.4 Å². The van der Waals surface area contributed by atoms with Crippen LogP contribution in [0.15, 0.2) is 121 Å². The molecule has 1 nitrogen and oxygen atoms in total. The van der Waals surface area contributed by atoms with E-state index in [4.69, 9.17) is 11.6 Å². The largest absolute Gasteiger partial charge is 0.308 e. The Balaban J connectivity index is 1.54. The van der Waals surface area contributed by atoms with E-state index < -0.39 is 0 Å². The number of aromatic nitrogens is 1. The second-order valence-electron chi connectivity index (χ2n) is 10.9. The lowest BCUT2D eigenvalue weighted by atomic mass is 9.70. The van der Waals surface area contributed by atoms with Crippen LogP contribution in [0.5, 0.6) is 0 Å².